The highest BCUT2D eigenvalue weighted by molar-refractivity contribution is 5.43. The summed E-state index contributed by atoms with van der Waals surface area (Å²) in [6.07, 6.45) is 7.78. The highest BCUT2D eigenvalue weighted by atomic mass is 16.3. The van der Waals surface area contributed by atoms with E-state index >= 15 is 0 Å². The van der Waals surface area contributed by atoms with Crippen molar-refractivity contribution in [3.63, 3.8) is 0 Å². The Bertz CT molecular complexity index is 756. The van der Waals surface area contributed by atoms with Crippen molar-refractivity contribution in [2.24, 2.45) is 0 Å². The summed E-state index contributed by atoms with van der Waals surface area (Å²) < 4.78 is 0. The molecule has 1 aliphatic carbocycles. The summed E-state index contributed by atoms with van der Waals surface area (Å²) in [7, 11) is 0. The third-order valence-electron chi connectivity index (χ3n) is 5.75. The third kappa shape index (κ3) is 3.73. The molecule has 2 atom stereocenters. The quantitative estimate of drug-likeness (QED) is 0.672. The maximum atomic E-state index is 10.3. The lowest BCUT2D eigenvalue weighted by Crippen LogP contribution is -2.16. The number of benzene rings is 2. The van der Waals surface area contributed by atoms with Crippen molar-refractivity contribution in [2.45, 2.75) is 57.3 Å². The molecule has 2 N–H and O–H groups in total. The van der Waals surface area contributed by atoms with Crippen LogP contribution in [-0.2, 0) is 5.41 Å². The van der Waals surface area contributed by atoms with Crippen LogP contribution < -0.4 is 0 Å². The second-order valence-electron chi connectivity index (χ2n) is 7.78. The van der Waals surface area contributed by atoms with Crippen LogP contribution in [0.25, 0.3) is 0 Å². The fraction of sp³-hybridized carbons (Fsp3) is 0.391. The molecule has 0 fully saturated rings. The molecule has 2 aromatic rings. The van der Waals surface area contributed by atoms with Crippen LogP contribution in [0.2, 0.25) is 0 Å². The summed E-state index contributed by atoms with van der Waals surface area (Å²) in [5, 5.41) is 19.7. The van der Waals surface area contributed by atoms with E-state index < -0.39 is 0 Å². The third-order valence-corrected chi connectivity index (χ3v) is 5.75. The Morgan fingerprint density at radius 2 is 1.44 bits per heavy atom. The first kappa shape index (κ1) is 17.6. The first-order valence-electron chi connectivity index (χ1n) is 9.21. The van der Waals surface area contributed by atoms with E-state index in [9.17, 15) is 10.2 Å². The maximum absolute atomic E-state index is 10.3. The number of phenols is 2. The molecule has 2 heteroatoms. The molecule has 0 aliphatic heterocycles. The number of aromatic hydroxyl groups is 2. The summed E-state index contributed by atoms with van der Waals surface area (Å²) in [5.41, 5.74) is 3.56. The van der Waals surface area contributed by atoms with Crippen molar-refractivity contribution < 1.29 is 10.2 Å². The van der Waals surface area contributed by atoms with Gasteiger partial charge in [-0.3, -0.25) is 0 Å². The average molecular weight is 336 g/mol. The lowest BCUT2D eigenvalue weighted by Gasteiger charge is -2.28. The SMILES string of the molecule is CCC(C)(C)c1cc(C2C=CC(c3ccc(O)cc3)CC2)ccc1O. The summed E-state index contributed by atoms with van der Waals surface area (Å²) in [4.78, 5) is 0. The average Bonchev–Trinajstić information content (AvgIpc) is 2.63. The van der Waals surface area contributed by atoms with E-state index in [-0.39, 0.29) is 5.41 Å². The monoisotopic (exact) mass is 336 g/mol. The van der Waals surface area contributed by atoms with Crippen LogP contribution in [0.5, 0.6) is 11.5 Å². The van der Waals surface area contributed by atoms with Gasteiger partial charge in [0.05, 0.1) is 0 Å². The van der Waals surface area contributed by atoms with Crippen molar-refractivity contribution in [2.75, 3.05) is 0 Å². The minimum Gasteiger partial charge on any atom is -0.508 e. The molecule has 1 aliphatic rings. The highest BCUT2D eigenvalue weighted by Gasteiger charge is 2.24. The van der Waals surface area contributed by atoms with Crippen molar-refractivity contribution in [1.29, 1.82) is 0 Å². The fourth-order valence-electron chi connectivity index (χ4n) is 3.61. The Labute approximate surface area is 150 Å². The van der Waals surface area contributed by atoms with Crippen LogP contribution in [0.4, 0.5) is 0 Å². The predicted molar refractivity (Wildman–Crippen MR) is 103 cm³/mol. The Hall–Kier alpha value is -2.22. The minimum absolute atomic E-state index is 0.0208. The van der Waals surface area contributed by atoms with E-state index in [1.54, 1.807) is 12.1 Å². The van der Waals surface area contributed by atoms with Gasteiger partial charge in [0.25, 0.3) is 0 Å². The van der Waals surface area contributed by atoms with Gasteiger partial charge in [-0.25, -0.2) is 0 Å². The first-order chi connectivity index (χ1) is 11.9. The Balaban J connectivity index is 1.81. The molecule has 0 saturated heterocycles. The van der Waals surface area contributed by atoms with E-state index in [0.29, 0.717) is 23.3 Å². The second-order valence-corrected chi connectivity index (χ2v) is 7.78. The van der Waals surface area contributed by atoms with Crippen LogP contribution in [0.3, 0.4) is 0 Å². The van der Waals surface area contributed by atoms with Gasteiger partial charge in [0.15, 0.2) is 0 Å². The van der Waals surface area contributed by atoms with Crippen LogP contribution in [0.15, 0.2) is 54.6 Å². The number of hydrogen-bond acceptors (Lipinski definition) is 2. The van der Waals surface area contributed by atoms with Gasteiger partial charge in [-0.15, -0.1) is 0 Å². The molecule has 0 spiro atoms. The molecule has 0 bridgehead atoms. The normalized spacial score (nSPS) is 20.6. The molecular formula is C23H28O2. The molecular weight excluding hydrogens is 308 g/mol. The van der Waals surface area contributed by atoms with Crippen molar-refractivity contribution in [3.8, 4) is 11.5 Å². The van der Waals surface area contributed by atoms with Gasteiger partial charge in [0.1, 0.15) is 11.5 Å². The second kappa shape index (κ2) is 6.95. The lowest BCUT2D eigenvalue weighted by molar-refractivity contribution is 0.427. The largest absolute Gasteiger partial charge is 0.508 e. The van der Waals surface area contributed by atoms with Crippen LogP contribution in [-0.4, -0.2) is 10.2 Å². The standard InChI is InChI=1S/C23H28O2/c1-4-23(2,3)21-15-19(11-14-22(21)25)18-7-5-16(6-8-18)17-9-12-20(24)13-10-17/h5,7,9-16,18,24-25H,4,6,8H2,1-3H3. The number of phenolic OH excluding ortho intramolecular Hbond substituents is 2. The molecule has 0 amide bonds. The zero-order chi connectivity index (χ0) is 18.0. The zero-order valence-electron chi connectivity index (χ0n) is 15.4. The van der Waals surface area contributed by atoms with Gasteiger partial charge in [0.2, 0.25) is 0 Å². The van der Waals surface area contributed by atoms with E-state index in [0.717, 1.165) is 24.8 Å². The van der Waals surface area contributed by atoms with Gasteiger partial charge in [0, 0.05) is 11.8 Å². The number of allylic oxidation sites excluding steroid dienone is 2. The van der Waals surface area contributed by atoms with Crippen molar-refractivity contribution in [1.82, 2.24) is 0 Å². The van der Waals surface area contributed by atoms with Crippen molar-refractivity contribution >= 4 is 0 Å². The fourth-order valence-corrected chi connectivity index (χ4v) is 3.61. The molecule has 0 heterocycles. The topological polar surface area (TPSA) is 40.5 Å². The Morgan fingerprint density at radius 1 is 0.880 bits per heavy atom. The summed E-state index contributed by atoms with van der Waals surface area (Å²) in [6, 6.07) is 13.6. The van der Waals surface area contributed by atoms with E-state index in [4.69, 9.17) is 0 Å². The van der Waals surface area contributed by atoms with E-state index in [1.165, 1.54) is 11.1 Å². The highest BCUT2D eigenvalue weighted by Crippen LogP contribution is 2.39. The molecule has 2 unspecified atom stereocenters. The molecule has 2 nitrogen and oxygen atoms in total. The first-order valence-corrected chi connectivity index (χ1v) is 9.21. The summed E-state index contributed by atoms with van der Waals surface area (Å²) >= 11 is 0. The molecule has 132 valence electrons. The maximum Gasteiger partial charge on any atom is 0.119 e. The van der Waals surface area contributed by atoms with Crippen molar-refractivity contribution in [3.05, 3.63) is 71.3 Å². The van der Waals surface area contributed by atoms with Crippen LogP contribution >= 0.6 is 0 Å². The number of rotatable bonds is 4. The molecule has 0 radical (unpaired) electrons. The van der Waals surface area contributed by atoms with E-state index in [2.05, 4.69) is 45.1 Å². The Kier molecular flexibility index (Phi) is 4.89. The van der Waals surface area contributed by atoms with Crippen LogP contribution in [0.1, 0.15) is 68.6 Å². The number of hydrogen-bond donors (Lipinski definition) is 2. The Morgan fingerprint density at radius 3 is 2.00 bits per heavy atom. The predicted octanol–water partition coefficient (Wildman–Crippen LogP) is 6.00. The van der Waals surface area contributed by atoms with E-state index in [1.807, 2.05) is 18.2 Å². The van der Waals surface area contributed by atoms with Crippen LogP contribution in [0, 0.1) is 0 Å². The zero-order valence-corrected chi connectivity index (χ0v) is 15.4. The minimum atomic E-state index is -0.0208. The molecule has 3 rings (SSSR count). The summed E-state index contributed by atoms with van der Waals surface area (Å²) in [6.45, 7) is 6.53. The van der Waals surface area contributed by atoms with Gasteiger partial charge in [-0.05, 0) is 59.6 Å². The van der Waals surface area contributed by atoms with Gasteiger partial charge >= 0.3 is 0 Å². The molecule has 0 aromatic heterocycles. The van der Waals surface area contributed by atoms with Gasteiger partial charge in [-0.1, -0.05) is 57.2 Å². The molecule has 2 aromatic carbocycles. The molecule has 0 saturated carbocycles. The summed E-state index contributed by atoms with van der Waals surface area (Å²) in [5.74, 6) is 1.54. The molecule has 25 heavy (non-hydrogen) atoms. The lowest BCUT2D eigenvalue weighted by atomic mass is 9.77. The van der Waals surface area contributed by atoms with Gasteiger partial charge in [-0.2, -0.15) is 0 Å². The van der Waals surface area contributed by atoms with Gasteiger partial charge < -0.3 is 10.2 Å². The smallest absolute Gasteiger partial charge is 0.119 e.